The Morgan fingerprint density at radius 1 is 1.50 bits per heavy atom. The van der Waals surface area contributed by atoms with E-state index < -0.39 is 0 Å². The Hall–Kier alpha value is -0.610. The highest BCUT2D eigenvalue weighted by Crippen LogP contribution is 2.14. The van der Waals surface area contributed by atoms with Crippen molar-refractivity contribution in [3.05, 3.63) is 23.9 Å². The van der Waals surface area contributed by atoms with Gasteiger partial charge in [-0.25, -0.2) is 4.98 Å². The van der Waals surface area contributed by atoms with Crippen molar-refractivity contribution in [2.45, 2.75) is 26.4 Å². The number of halogens is 1. The van der Waals surface area contributed by atoms with E-state index in [1.807, 2.05) is 12.1 Å². The molecule has 0 aliphatic rings. The number of hydrogen-bond acceptors (Lipinski definition) is 3. The van der Waals surface area contributed by atoms with Gasteiger partial charge in [0.15, 0.2) is 0 Å². The van der Waals surface area contributed by atoms with Gasteiger partial charge in [-0.05, 0) is 12.0 Å². The second-order valence-corrected chi connectivity index (χ2v) is 4.70. The summed E-state index contributed by atoms with van der Waals surface area (Å²) in [5.74, 6) is 1.30. The van der Waals surface area contributed by atoms with Crippen LogP contribution in [0.4, 0.5) is 0 Å². The van der Waals surface area contributed by atoms with Crippen molar-refractivity contribution in [1.82, 2.24) is 10.3 Å². The van der Waals surface area contributed by atoms with Gasteiger partial charge in [0.2, 0.25) is 5.88 Å². The van der Waals surface area contributed by atoms with Crippen molar-refractivity contribution in [2.75, 3.05) is 12.4 Å². The zero-order chi connectivity index (χ0) is 12.0. The Labute approximate surface area is 106 Å². The molecule has 0 fully saturated rings. The van der Waals surface area contributed by atoms with Crippen LogP contribution < -0.4 is 10.1 Å². The van der Waals surface area contributed by atoms with Crippen LogP contribution in [0.3, 0.4) is 0 Å². The molecule has 4 heteroatoms. The molecule has 1 aromatic rings. The first-order chi connectivity index (χ1) is 7.69. The van der Waals surface area contributed by atoms with Gasteiger partial charge in [-0.15, -0.1) is 0 Å². The zero-order valence-corrected chi connectivity index (χ0v) is 11.6. The van der Waals surface area contributed by atoms with E-state index in [4.69, 9.17) is 4.74 Å². The normalized spacial score (nSPS) is 12.8. The predicted octanol–water partition coefficient (Wildman–Crippen LogP) is 2.60. The van der Waals surface area contributed by atoms with E-state index in [0.29, 0.717) is 17.8 Å². The minimum absolute atomic E-state index is 0.463. The van der Waals surface area contributed by atoms with E-state index in [2.05, 4.69) is 40.1 Å². The predicted molar refractivity (Wildman–Crippen MR) is 70.0 cm³/mol. The maximum absolute atomic E-state index is 5.21. The molecule has 1 heterocycles. The number of nitrogens with one attached hydrogen (secondary N) is 1. The van der Waals surface area contributed by atoms with Gasteiger partial charge in [0.1, 0.15) is 0 Å². The van der Waals surface area contributed by atoms with Gasteiger partial charge in [0.25, 0.3) is 0 Å². The molecule has 3 nitrogen and oxygen atoms in total. The highest BCUT2D eigenvalue weighted by atomic mass is 79.9. The van der Waals surface area contributed by atoms with Crippen molar-refractivity contribution < 1.29 is 4.74 Å². The van der Waals surface area contributed by atoms with Gasteiger partial charge in [-0.1, -0.05) is 35.8 Å². The van der Waals surface area contributed by atoms with Crippen LogP contribution in [-0.4, -0.2) is 23.5 Å². The lowest BCUT2D eigenvalue weighted by Gasteiger charge is -2.20. The molecule has 90 valence electrons. The number of pyridine rings is 1. The number of hydrogen-bond donors (Lipinski definition) is 1. The Balaban J connectivity index is 2.59. The van der Waals surface area contributed by atoms with Crippen LogP contribution in [0, 0.1) is 5.92 Å². The van der Waals surface area contributed by atoms with Gasteiger partial charge in [0, 0.05) is 29.7 Å². The quantitative estimate of drug-likeness (QED) is 0.817. The number of alkyl halides is 1. The fraction of sp³-hybridized carbons (Fsp3) is 0.583. The molecule has 0 saturated heterocycles. The molecule has 1 aromatic heterocycles. The molecule has 0 saturated carbocycles. The van der Waals surface area contributed by atoms with Crippen LogP contribution in [0.1, 0.15) is 19.4 Å². The second-order valence-electron chi connectivity index (χ2n) is 4.06. The lowest BCUT2D eigenvalue weighted by Crippen LogP contribution is -2.34. The molecule has 0 aromatic carbocycles. The fourth-order valence-corrected chi connectivity index (χ4v) is 2.43. The van der Waals surface area contributed by atoms with Crippen molar-refractivity contribution in [3.8, 4) is 5.88 Å². The van der Waals surface area contributed by atoms with E-state index in [0.717, 1.165) is 17.4 Å². The van der Waals surface area contributed by atoms with Crippen LogP contribution in [0.5, 0.6) is 5.88 Å². The Morgan fingerprint density at radius 2 is 2.25 bits per heavy atom. The standard InChI is InChI=1S/C12H19BrN2O/c1-9(2)11(7-13)15-8-10-5-4-6-14-12(10)16-3/h4-6,9,11,15H,7-8H2,1-3H3. The molecule has 1 rings (SSSR count). The summed E-state index contributed by atoms with van der Waals surface area (Å²) in [6.07, 6.45) is 1.74. The number of methoxy groups -OCH3 is 1. The van der Waals surface area contributed by atoms with Crippen molar-refractivity contribution in [3.63, 3.8) is 0 Å². The van der Waals surface area contributed by atoms with Crippen LogP contribution in [0.15, 0.2) is 18.3 Å². The highest BCUT2D eigenvalue weighted by molar-refractivity contribution is 9.09. The Kier molecular flexibility index (Phi) is 5.77. The summed E-state index contributed by atoms with van der Waals surface area (Å²) < 4.78 is 5.21. The molecule has 1 N–H and O–H groups in total. The van der Waals surface area contributed by atoms with E-state index in [-0.39, 0.29) is 0 Å². The van der Waals surface area contributed by atoms with Crippen LogP contribution in [0.25, 0.3) is 0 Å². The molecule has 1 atom stereocenters. The van der Waals surface area contributed by atoms with Crippen LogP contribution in [0.2, 0.25) is 0 Å². The monoisotopic (exact) mass is 286 g/mol. The maximum atomic E-state index is 5.21. The fourth-order valence-electron chi connectivity index (χ4n) is 1.45. The average Bonchev–Trinajstić information content (AvgIpc) is 2.30. The van der Waals surface area contributed by atoms with Gasteiger partial charge < -0.3 is 10.1 Å². The molecular weight excluding hydrogens is 268 g/mol. The summed E-state index contributed by atoms with van der Waals surface area (Å²) in [5.41, 5.74) is 1.09. The van der Waals surface area contributed by atoms with E-state index in [1.54, 1.807) is 13.3 Å². The smallest absolute Gasteiger partial charge is 0.217 e. The zero-order valence-electron chi connectivity index (χ0n) is 10.0. The van der Waals surface area contributed by atoms with Crippen LogP contribution >= 0.6 is 15.9 Å². The SMILES string of the molecule is COc1ncccc1CNC(CBr)C(C)C. The van der Waals surface area contributed by atoms with Crippen molar-refractivity contribution in [1.29, 1.82) is 0 Å². The van der Waals surface area contributed by atoms with Gasteiger partial charge in [0.05, 0.1) is 7.11 Å². The molecule has 0 radical (unpaired) electrons. The summed E-state index contributed by atoms with van der Waals surface area (Å²) in [6, 6.07) is 4.42. The number of aromatic nitrogens is 1. The molecule has 1 unspecified atom stereocenters. The summed E-state index contributed by atoms with van der Waals surface area (Å²) in [7, 11) is 1.65. The third kappa shape index (κ3) is 3.76. The third-order valence-electron chi connectivity index (χ3n) is 2.57. The molecule has 0 aliphatic heterocycles. The van der Waals surface area contributed by atoms with Crippen molar-refractivity contribution in [2.24, 2.45) is 5.92 Å². The summed E-state index contributed by atoms with van der Waals surface area (Å²) in [5, 5.41) is 4.44. The summed E-state index contributed by atoms with van der Waals surface area (Å²) >= 11 is 3.52. The minimum atomic E-state index is 0.463. The first-order valence-electron chi connectivity index (χ1n) is 5.46. The lowest BCUT2D eigenvalue weighted by molar-refractivity contribution is 0.383. The van der Waals surface area contributed by atoms with Gasteiger partial charge in [-0.2, -0.15) is 0 Å². The number of nitrogens with zero attached hydrogens (tertiary/aromatic N) is 1. The Morgan fingerprint density at radius 3 is 2.81 bits per heavy atom. The first-order valence-corrected chi connectivity index (χ1v) is 6.58. The van der Waals surface area contributed by atoms with E-state index in [9.17, 15) is 0 Å². The van der Waals surface area contributed by atoms with Crippen LogP contribution in [-0.2, 0) is 6.54 Å². The summed E-state index contributed by atoms with van der Waals surface area (Å²) in [6.45, 7) is 5.20. The molecule has 0 aliphatic carbocycles. The number of ether oxygens (including phenoxy) is 1. The van der Waals surface area contributed by atoms with E-state index in [1.165, 1.54) is 0 Å². The maximum Gasteiger partial charge on any atom is 0.217 e. The third-order valence-corrected chi connectivity index (χ3v) is 3.27. The summed E-state index contributed by atoms with van der Waals surface area (Å²) in [4.78, 5) is 4.17. The first kappa shape index (κ1) is 13.5. The average molecular weight is 287 g/mol. The van der Waals surface area contributed by atoms with Gasteiger partial charge in [-0.3, -0.25) is 0 Å². The van der Waals surface area contributed by atoms with Gasteiger partial charge >= 0.3 is 0 Å². The minimum Gasteiger partial charge on any atom is -0.481 e. The molecule has 0 spiro atoms. The lowest BCUT2D eigenvalue weighted by atomic mass is 10.1. The topological polar surface area (TPSA) is 34.1 Å². The molecule has 16 heavy (non-hydrogen) atoms. The molecular formula is C12H19BrN2O. The Bertz CT molecular complexity index is 318. The second kappa shape index (κ2) is 6.86. The highest BCUT2D eigenvalue weighted by Gasteiger charge is 2.12. The number of rotatable bonds is 6. The van der Waals surface area contributed by atoms with E-state index >= 15 is 0 Å². The molecule has 0 bridgehead atoms. The van der Waals surface area contributed by atoms with Crippen molar-refractivity contribution >= 4 is 15.9 Å². The molecule has 0 amide bonds. The largest absolute Gasteiger partial charge is 0.481 e.